The van der Waals surface area contributed by atoms with Crippen LogP contribution in [0.1, 0.15) is 36.2 Å². The first-order valence-corrected chi connectivity index (χ1v) is 14.9. The Balaban J connectivity index is 1.45. The number of aromatic nitrogens is 8. The van der Waals surface area contributed by atoms with E-state index < -0.39 is 11.2 Å². The van der Waals surface area contributed by atoms with Gasteiger partial charge in [-0.2, -0.15) is 5.10 Å². The van der Waals surface area contributed by atoms with Gasteiger partial charge in [0.15, 0.2) is 5.65 Å². The number of aromatic amines is 1. The van der Waals surface area contributed by atoms with E-state index in [0.29, 0.717) is 52.6 Å². The van der Waals surface area contributed by atoms with E-state index in [0.717, 1.165) is 34.0 Å². The topological polar surface area (TPSA) is 129 Å². The van der Waals surface area contributed by atoms with Crippen molar-refractivity contribution in [2.45, 2.75) is 39.9 Å². The summed E-state index contributed by atoms with van der Waals surface area (Å²) in [6, 6.07) is 7.38. The number of benzene rings is 1. The quantitative estimate of drug-likeness (QED) is 0.227. The molecule has 0 unspecified atom stereocenters. The molecule has 0 spiro atoms. The zero-order chi connectivity index (χ0) is 31.1. The lowest BCUT2D eigenvalue weighted by molar-refractivity contribution is 0.0952. The van der Waals surface area contributed by atoms with Crippen molar-refractivity contribution in [2.75, 3.05) is 6.54 Å². The number of rotatable bonds is 10. The number of hydrogen-bond acceptors (Lipinski definition) is 5. The van der Waals surface area contributed by atoms with E-state index >= 15 is 0 Å². The highest BCUT2D eigenvalue weighted by atomic mass is 35.5. The van der Waals surface area contributed by atoms with Crippen LogP contribution in [-0.2, 0) is 33.7 Å². The molecule has 0 bridgehead atoms. The maximum Gasteiger partial charge on any atom is 0.332 e. The van der Waals surface area contributed by atoms with Gasteiger partial charge in [-0.25, -0.2) is 9.78 Å². The Morgan fingerprint density at radius 1 is 1.16 bits per heavy atom. The molecule has 1 amide bonds. The Morgan fingerprint density at radius 3 is 2.73 bits per heavy atom. The van der Waals surface area contributed by atoms with Crippen LogP contribution in [0.3, 0.4) is 0 Å². The molecule has 2 N–H and O–H groups in total. The first-order chi connectivity index (χ1) is 21.1. The Kier molecular flexibility index (Phi) is 7.76. The number of hydrogen-bond donors (Lipinski definition) is 2. The maximum absolute atomic E-state index is 13.8. The van der Waals surface area contributed by atoms with Crippen molar-refractivity contribution < 1.29 is 4.79 Å². The minimum Gasteiger partial charge on any atom is -0.361 e. The van der Waals surface area contributed by atoms with Gasteiger partial charge in [0.1, 0.15) is 11.1 Å². The van der Waals surface area contributed by atoms with Crippen molar-refractivity contribution in [3.63, 3.8) is 0 Å². The molecule has 0 aliphatic heterocycles. The van der Waals surface area contributed by atoms with Crippen molar-refractivity contribution >= 4 is 39.4 Å². The van der Waals surface area contributed by atoms with Crippen LogP contribution in [0.2, 0.25) is 5.02 Å². The van der Waals surface area contributed by atoms with Crippen LogP contribution in [0.25, 0.3) is 33.3 Å². The lowest BCUT2D eigenvalue weighted by Gasteiger charge is -2.11. The highest BCUT2D eigenvalue weighted by Crippen LogP contribution is 2.30. The molecule has 5 aromatic heterocycles. The van der Waals surface area contributed by atoms with Gasteiger partial charge in [-0.1, -0.05) is 25.4 Å². The van der Waals surface area contributed by atoms with E-state index in [2.05, 4.69) is 15.3 Å². The molecule has 12 nitrogen and oxygen atoms in total. The van der Waals surface area contributed by atoms with Gasteiger partial charge in [0.05, 0.1) is 24.1 Å². The highest BCUT2D eigenvalue weighted by molar-refractivity contribution is 6.31. The Hall–Kier alpha value is -4.84. The summed E-state index contributed by atoms with van der Waals surface area (Å²) in [5, 5.41) is 9.72. The number of halogens is 1. The van der Waals surface area contributed by atoms with Gasteiger partial charge < -0.3 is 19.4 Å². The third-order valence-corrected chi connectivity index (χ3v) is 8.01. The van der Waals surface area contributed by atoms with Gasteiger partial charge >= 0.3 is 5.69 Å². The lowest BCUT2D eigenvalue weighted by Crippen LogP contribution is -2.38. The molecular formula is C31H34ClN9O3. The molecule has 0 atom stereocenters. The summed E-state index contributed by atoms with van der Waals surface area (Å²) >= 11 is 6.33. The van der Waals surface area contributed by atoms with Crippen LogP contribution in [0.5, 0.6) is 0 Å². The van der Waals surface area contributed by atoms with Crippen molar-refractivity contribution in [1.82, 2.24) is 43.3 Å². The number of imidazole rings is 1. The predicted molar refractivity (Wildman–Crippen MR) is 170 cm³/mol. The molecule has 0 radical (unpaired) electrons. The van der Waals surface area contributed by atoms with E-state index in [1.807, 2.05) is 60.6 Å². The van der Waals surface area contributed by atoms with E-state index in [1.54, 1.807) is 34.0 Å². The molecule has 228 valence electrons. The van der Waals surface area contributed by atoms with Crippen LogP contribution >= 0.6 is 11.6 Å². The number of aryl methyl sites for hydroxylation is 2. The van der Waals surface area contributed by atoms with Gasteiger partial charge in [0.25, 0.3) is 11.5 Å². The summed E-state index contributed by atoms with van der Waals surface area (Å²) in [4.78, 5) is 47.5. The fraction of sp³-hybridized carbons (Fsp3) is 0.323. The Bertz CT molecular complexity index is 2110. The van der Waals surface area contributed by atoms with Crippen molar-refractivity contribution in [2.24, 2.45) is 20.0 Å². The molecule has 6 aromatic rings. The molecular weight excluding hydrogens is 582 g/mol. The van der Waals surface area contributed by atoms with Crippen molar-refractivity contribution in [1.29, 1.82) is 0 Å². The molecule has 0 saturated heterocycles. The van der Waals surface area contributed by atoms with E-state index in [-0.39, 0.29) is 11.8 Å². The summed E-state index contributed by atoms with van der Waals surface area (Å²) in [5.41, 5.74) is 2.88. The number of fused-ring (bicyclic) bond motifs is 2. The average molecular weight is 616 g/mol. The van der Waals surface area contributed by atoms with Crippen LogP contribution in [0.4, 0.5) is 0 Å². The molecule has 0 aliphatic carbocycles. The molecule has 6 rings (SSSR count). The van der Waals surface area contributed by atoms with Crippen LogP contribution in [0.15, 0.2) is 65.0 Å². The van der Waals surface area contributed by atoms with Crippen molar-refractivity contribution in [3.8, 4) is 11.4 Å². The molecule has 0 aliphatic rings. The van der Waals surface area contributed by atoms with Gasteiger partial charge in [0.2, 0.25) is 0 Å². The maximum atomic E-state index is 13.8. The largest absolute Gasteiger partial charge is 0.361 e. The third kappa shape index (κ3) is 5.37. The summed E-state index contributed by atoms with van der Waals surface area (Å²) in [5.74, 6) is -0.0828. The second-order valence-corrected chi connectivity index (χ2v) is 11.9. The zero-order valence-electron chi connectivity index (χ0n) is 25.0. The Labute approximate surface area is 257 Å². The van der Waals surface area contributed by atoms with Gasteiger partial charge in [0, 0.05) is 74.4 Å². The summed E-state index contributed by atoms with van der Waals surface area (Å²) in [7, 11) is 3.31. The van der Waals surface area contributed by atoms with Gasteiger partial charge in [-0.05, 0) is 42.2 Å². The lowest BCUT2D eigenvalue weighted by atomic mass is 10.1. The van der Waals surface area contributed by atoms with Crippen molar-refractivity contribution in [3.05, 3.63) is 92.4 Å². The monoisotopic (exact) mass is 615 g/mol. The fourth-order valence-corrected chi connectivity index (χ4v) is 5.79. The molecule has 0 saturated carbocycles. The number of carbonyl (C=O) groups excluding carboxylic acids is 1. The Morgan fingerprint density at radius 2 is 1.98 bits per heavy atom. The van der Waals surface area contributed by atoms with Gasteiger partial charge in [-0.3, -0.25) is 23.4 Å². The minimum atomic E-state index is -0.445. The van der Waals surface area contributed by atoms with Crippen LogP contribution in [0, 0.1) is 5.92 Å². The minimum absolute atomic E-state index is 0.136. The highest BCUT2D eigenvalue weighted by Gasteiger charge is 2.26. The molecule has 44 heavy (non-hydrogen) atoms. The second-order valence-electron chi connectivity index (χ2n) is 11.5. The summed E-state index contributed by atoms with van der Waals surface area (Å²) in [6.45, 7) is 5.94. The molecule has 1 aromatic carbocycles. The van der Waals surface area contributed by atoms with E-state index in [4.69, 9.17) is 16.7 Å². The summed E-state index contributed by atoms with van der Waals surface area (Å²) in [6.07, 6.45) is 9.73. The smallest absolute Gasteiger partial charge is 0.332 e. The predicted octanol–water partition coefficient (Wildman–Crippen LogP) is 3.76. The van der Waals surface area contributed by atoms with Gasteiger partial charge in [-0.15, -0.1) is 0 Å². The molecule has 5 heterocycles. The zero-order valence-corrected chi connectivity index (χ0v) is 25.8. The second kappa shape index (κ2) is 11.7. The standard InChI is InChI=1S/C31H34ClN9O3/c1-19(2)15-40-28-26(30(43)38(4)31(40)44)27(41(36-28)17-21-14-35-24-7-6-22(32)13-23(21)24)25-12-20(16-37(25)3)29(42)34-8-5-10-39-11-9-33-18-39/h6-7,9,11-14,16,18-19,35H,5,8,10,15,17H2,1-4H3,(H,34,42). The fourth-order valence-electron chi connectivity index (χ4n) is 5.62. The van der Waals surface area contributed by atoms with E-state index in [1.165, 1.54) is 7.05 Å². The first kappa shape index (κ1) is 29.2. The number of nitrogens with zero attached hydrogens (tertiary/aromatic N) is 7. The third-order valence-electron chi connectivity index (χ3n) is 7.77. The normalized spacial score (nSPS) is 11.8. The molecule has 13 heteroatoms. The first-order valence-electron chi connectivity index (χ1n) is 14.5. The number of H-pyrrole nitrogens is 1. The van der Waals surface area contributed by atoms with Crippen LogP contribution in [-0.4, -0.2) is 50.5 Å². The number of nitrogens with one attached hydrogen (secondary N) is 2. The number of amides is 1. The average Bonchev–Trinajstić information content (AvgIpc) is 3.79. The van der Waals surface area contributed by atoms with E-state index in [9.17, 15) is 14.4 Å². The molecule has 0 fully saturated rings. The SMILES string of the molecule is CC(C)Cn1c(=O)n(C)c(=O)c2c(-c3cc(C(=O)NCCCn4ccnc4)cn3C)n(Cc3c[nH]c4ccc(Cl)cc34)nc21. The van der Waals surface area contributed by atoms with Crippen LogP contribution < -0.4 is 16.6 Å². The number of carbonyl (C=O) groups is 1. The summed E-state index contributed by atoms with van der Waals surface area (Å²) < 4.78 is 8.21.